The van der Waals surface area contributed by atoms with Crippen molar-refractivity contribution in [2.24, 2.45) is 11.7 Å². The monoisotopic (exact) mass is 268 g/mol. The lowest BCUT2D eigenvalue weighted by atomic mass is 10.1. The summed E-state index contributed by atoms with van der Waals surface area (Å²) in [5, 5.41) is 0.827. The fourth-order valence-corrected chi connectivity index (χ4v) is 2.78. The van der Waals surface area contributed by atoms with Gasteiger partial charge in [0.05, 0.1) is 6.61 Å². The molecule has 1 aromatic rings. The smallest absolute Gasteiger partial charge is 0.0503 e. The van der Waals surface area contributed by atoms with Gasteiger partial charge in [-0.1, -0.05) is 23.7 Å². The average molecular weight is 269 g/mol. The fraction of sp³-hybridized carbons (Fsp3) is 0.571. The Balaban J connectivity index is 1.94. The number of hydrogen-bond donors (Lipinski definition) is 1. The highest BCUT2D eigenvalue weighted by Gasteiger charge is 2.22. The minimum atomic E-state index is 0.541. The Morgan fingerprint density at radius 3 is 3.00 bits per heavy atom. The van der Waals surface area contributed by atoms with Crippen molar-refractivity contribution in [1.82, 2.24) is 4.90 Å². The van der Waals surface area contributed by atoms with Gasteiger partial charge in [0.2, 0.25) is 0 Å². The van der Waals surface area contributed by atoms with Crippen molar-refractivity contribution in [2.75, 3.05) is 26.8 Å². The average Bonchev–Trinajstić information content (AvgIpc) is 2.80. The van der Waals surface area contributed by atoms with E-state index >= 15 is 0 Å². The summed E-state index contributed by atoms with van der Waals surface area (Å²) in [5.74, 6) is 0.664. The molecule has 0 saturated carbocycles. The van der Waals surface area contributed by atoms with Crippen LogP contribution in [0.4, 0.5) is 0 Å². The summed E-state index contributed by atoms with van der Waals surface area (Å²) in [4.78, 5) is 2.44. The molecule has 2 rings (SSSR count). The molecule has 0 spiro atoms. The zero-order chi connectivity index (χ0) is 13.0. The number of hydrogen-bond acceptors (Lipinski definition) is 3. The van der Waals surface area contributed by atoms with Crippen molar-refractivity contribution in [3.63, 3.8) is 0 Å². The molecular weight excluding hydrogens is 248 g/mol. The van der Waals surface area contributed by atoms with E-state index in [0.29, 0.717) is 12.5 Å². The quantitative estimate of drug-likeness (QED) is 0.890. The Kier molecular flexibility index (Phi) is 5.01. The van der Waals surface area contributed by atoms with Crippen LogP contribution >= 0.6 is 11.6 Å². The van der Waals surface area contributed by atoms with E-state index in [1.807, 2.05) is 6.07 Å². The highest BCUT2D eigenvalue weighted by Crippen LogP contribution is 2.23. The molecule has 100 valence electrons. The van der Waals surface area contributed by atoms with E-state index in [1.165, 1.54) is 12.0 Å². The molecule has 1 fully saturated rings. The predicted octanol–water partition coefficient (Wildman–Crippen LogP) is 2.27. The Bertz CT molecular complexity index is 397. The van der Waals surface area contributed by atoms with Gasteiger partial charge in [-0.2, -0.15) is 0 Å². The van der Waals surface area contributed by atoms with E-state index in [-0.39, 0.29) is 0 Å². The molecule has 1 aromatic carbocycles. The molecule has 0 aromatic heterocycles. The lowest BCUT2D eigenvalue weighted by Crippen LogP contribution is -2.21. The maximum atomic E-state index is 6.28. The Labute approximate surface area is 114 Å². The van der Waals surface area contributed by atoms with Gasteiger partial charge in [0.15, 0.2) is 0 Å². The van der Waals surface area contributed by atoms with E-state index in [4.69, 9.17) is 22.1 Å². The third-order valence-electron chi connectivity index (χ3n) is 3.52. The first-order valence-electron chi connectivity index (χ1n) is 6.41. The minimum Gasteiger partial charge on any atom is -0.384 e. The zero-order valence-electron chi connectivity index (χ0n) is 10.9. The Morgan fingerprint density at radius 1 is 1.50 bits per heavy atom. The summed E-state index contributed by atoms with van der Waals surface area (Å²) in [6.45, 7) is 4.55. The van der Waals surface area contributed by atoms with Gasteiger partial charge in [-0.3, -0.25) is 4.90 Å². The van der Waals surface area contributed by atoms with Gasteiger partial charge >= 0.3 is 0 Å². The number of nitrogens with zero attached hydrogens (tertiary/aromatic N) is 1. The second-order valence-electron chi connectivity index (χ2n) is 4.98. The summed E-state index contributed by atoms with van der Waals surface area (Å²) in [6, 6.07) is 6.12. The van der Waals surface area contributed by atoms with E-state index in [0.717, 1.165) is 36.8 Å². The van der Waals surface area contributed by atoms with Crippen LogP contribution in [0.25, 0.3) is 0 Å². The van der Waals surface area contributed by atoms with Crippen LogP contribution in [-0.4, -0.2) is 31.7 Å². The Morgan fingerprint density at radius 2 is 2.33 bits per heavy atom. The third kappa shape index (κ3) is 3.45. The van der Waals surface area contributed by atoms with Gasteiger partial charge in [0, 0.05) is 31.8 Å². The molecule has 0 aliphatic carbocycles. The molecule has 3 nitrogen and oxygen atoms in total. The van der Waals surface area contributed by atoms with Crippen molar-refractivity contribution in [3.8, 4) is 0 Å². The van der Waals surface area contributed by atoms with Crippen LogP contribution in [-0.2, 0) is 17.8 Å². The predicted molar refractivity (Wildman–Crippen MR) is 74.6 cm³/mol. The van der Waals surface area contributed by atoms with Crippen LogP contribution < -0.4 is 5.73 Å². The number of likely N-dealkylation sites (tertiary alicyclic amines) is 1. The zero-order valence-corrected chi connectivity index (χ0v) is 11.6. The summed E-state index contributed by atoms with van der Waals surface area (Å²) in [7, 11) is 1.77. The highest BCUT2D eigenvalue weighted by atomic mass is 35.5. The lowest BCUT2D eigenvalue weighted by molar-refractivity contribution is 0.152. The third-order valence-corrected chi connectivity index (χ3v) is 3.87. The van der Waals surface area contributed by atoms with Gasteiger partial charge in [-0.15, -0.1) is 0 Å². The van der Waals surface area contributed by atoms with Gasteiger partial charge in [-0.25, -0.2) is 0 Å². The molecule has 1 aliphatic rings. The molecular formula is C14H21ClN2O. The number of halogens is 1. The van der Waals surface area contributed by atoms with Crippen molar-refractivity contribution in [1.29, 1.82) is 0 Å². The van der Waals surface area contributed by atoms with Crippen LogP contribution in [0.15, 0.2) is 18.2 Å². The standard InChI is InChI=1S/C14H21ClN2O/c1-18-10-12-4-5-17(8-12)9-13-3-2-11(7-16)6-14(13)15/h2-3,6,12H,4-5,7-10,16H2,1H3. The Hall–Kier alpha value is -0.610. The molecule has 18 heavy (non-hydrogen) atoms. The summed E-state index contributed by atoms with van der Waals surface area (Å²) in [6.07, 6.45) is 1.21. The van der Waals surface area contributed by atoms with Crippen LogP contribution in [0, 0.1) is 5.92 Å². The van der Waals surface area contributed by atoms with Gasteiger partial charge in [0.1, 0.15) is 0 Å². The van der Waals surface area contributed by atoms with Crippen LogP contribution in [0.3, 0.4) is 0 Å². The number of nitrogens with two attached hydrogens (primary N) is 1. The van der Waals surface area contributed by atoms with E-state index < -0.39 is 0 Å². The first-order valence-corrected chi connectivity index (χ1v) is 6.79. The normalized spacial score (nSPS) is 20.5. The van der Waals surface area contributed by atoms with Crippen molar-refractivity contribution in [3.05, 3.63) is 34.3 Å². The van der Waals surface area contributed by atoms with Gasteiger partial charge in [-0.05, 0) is 36.1 Å². The molecule has 2 N–H and O–H groups in total. The van der Waals surface area contributed by atoms with Crippen LogP contribution in [0.1, 0.15) is 17.5 Å². The fourth-order valence-electron chi connectivity index (χ4n) is 2.52. The van der Waals surface area contributed by atoms with Crippen LogP contribution in [0.2, 0.25) is 5.02 Å². The first-order chi connectivity index (χ1) is 8.72. The van der Waals surface area contributed by atoms with Crippen molar-refractivity contribution < 1.29 is 4.74 Å². The van der Waals surface area contributed by atoms with Crippen LogP contribution in [0.5, 0.6) is 0 Å². The second kappa shape index (κ2) is 6.53. The maximum absolute atomic E-state index is 6.28. The molecule has 1 atom stereocenters. The van der Waals surface area contributed by atoms with Gasteiger partial charge in [0.25, 0.3) is 0 Å². The molecule has 4 heteroatoms. The molecule has 0 amide bonds. The lowest BCUT2D eigenvalue weighted by Gasteiger charge is -2.17. The SMILES string of the molecule is COCC1CCN(Cc2ccc(CN)cc2Cl)C1. The maximum Gasteiger partial charge on any atom is 0.0503 e. The molecule has 1 saturated heterocycles. The number of rotatable bonds is 5. The second-order valence-corrected chi connectivity index (χ2v) is 5.38. The minimum absolute atomic E-state index is 0.541. The molecule has 0 bridgehead atoms. The van der Waals surface area contributed by atoms with E-state index in [2.05, 4.69) is 17.0 Å². The first kappa shape index (κ1) is 13.8. The summed E-state index contributed by atoms with van der Waals surface area (Å²) >= 11 is 6.28. The molecule has 1 unspecified atom stereocenters. The van der Waals surface area contributed by atoms with Gasteiger partial charge < -0.3 is 10.5 Å². The van der Waals surface area contributed by atoms with E-state index in [1.54, 1.807) is 7.11 Å². The molecule has 1 heterocycles. The summed E-state index contributed by atoms with van der Waals surface area (Å²) < 4.78 is 5.21. The highest BCUT2D eigenvalue weighted by molar-refractivity contribution is 6.31. The number of ether oxygens (including phenoxy) is 1. The molecule has 0 radical (unpaired) electrons. The topological polar surface area (TPSA) is 38.5 Å². The molecule has 1 aliphatic heterocycles. The van der Waals surface area contributed by atoms with E-state index in [9.17, 15) is 0 Å². The van der Waals surface area contributed by atoms with Crippen molar-refractivity contribution >= 4 is 11.6 Å². The largest absolute Gasteiger partial charge is 0.384 e. The van der Waals surface area contributed by atoms with Crippen molar-refractivity contribution in [2.45, 2.75) is 19.5 Å². The summed E-state index contributed by atoms with van der Waals surface area (Å²) in [5.41, 5.74) is 7.87. The number of benzene rings is 1. The number of methoxy groups -OCH3 is 1.